The summed E-state index contributed by atoms with van der Waals surface area (Å²) >= 11 is 7.15. The zero-order valence-corrected chi connectivity index (χ0v) is 21.1. The molecule has 2 nitrogen and oxygen atoms in total. The van der Waals surface area contributed by atoms with Crippen LogP contribution in [0.2, 0.25) is 0 Å². The Labute approximate surface area is 193 Å². The van der Waals surface area contributed by atoms with Gasteiger partial charge in [0.2, 0.25) is 0 Å². The van der Waals surface area contributed by atoms with E-state index in [1.807, 2.05) is 6.07 Å². The Bertz CT molecular complexity index is 813. The topological polar surface area (TPSA) is 27.0 Å². The molecule has 156 valence electrons. The first-order valence-electron chi connectivity index (χ1n) is 10.5. The van der Waals surface area contributed by atoms with Gasteiger partial charge >= 0.3 is 0 Å². The molecule has 0 aliphatic heterocycles. The van der Waals surface area contributed by atoms with Crippen LogP contribution in [0.25, 0.3) is 0 Å². The molecule has 0 bridgehead atoms. The quantitative estimate of drug-likeness (QED) is 0.319. The number of halogens is 2. The van der Waals surface area contributed by atoms with E-state index in [4.69, 9.17) is 0 Å². The maximum Gasteiger partial charge on any atom is 0.0846 e. The normalized spacial score (nSPS) is 14.6. The fourth-order valence-electron chi connectivity index (χ4n) is 4.08. The Balaban J connectivity index is 2.17. The van der Waals surface area contributed by atoms with Crippen molar-refractivity contribution in [1.82, 2.24) is 4.90 Å². The minimum atomic E-state index is -0.475. The number of nitrogens with zero attached hydrogens (tertiary/aromatic N) is 2. The monoisotopic (exact) mass is 518 g/mol. The van der Waals surface area contributed by atoms with Gasteiger partial charge in [0.25, 0.3) is 0 Å². The van der Waals surface area contributed by atoms with Crippen LogP contribution in [0.15, 0.2) is 57.5 Å². The van der Waals surface area contributed by atoms with E-state index >= 15 is 0 Å². The SMILES string of the molecule is CCCN(CCCC(C#N)(c1ccc(Br)c(Br)c1)C(C)C)C(C)c1ccccc1. The summed E-state index contributed by atoms with van der Waals surface area (Å²) in [5.41, 5.74) is 1.98. The van der Waals surface area contributed by atoms with Crippen molar-refractivity contribution in [1.29, 1.82) is 5.26 Å². The van der Waals surface area contributed by atoms with E-state index in [0.717, 1.165) is 46.9 Å². The second-order valence-electron chi connectivity index (χ2n) is 8.09. The Morgan fingerprint density at radius 1 is 1.00 bits per heavy atom. The Morgan fingerprint density at radius 2 is 1.69 bits per heavy atom. The summed E-state index contributed by atoms with van der Waals surface area (Å²) in [7, 11) is 0. The largest absolute Gasteiger partial charge is 0.297 e. The van der Waals surface area contributed by atoms with Crippen LogP contribution in [0.5, 0.6) is 0 Å². The summed E-state index contributed by atoms with van der Waals surface area (Å²) in [5.74, 6) is 0.242. The second-order valence-corrected chi connectivity index (χ2v) is 9.80. The molecule has 0 saturated carbocycles. The molecule has 0 heterocycles. The predicted molar refractivity (Wildman–Crippen MR) is 130 cm³/mol. The van der Waals surface area contributed by atoms with Gasteiger partial charge in [-0.3, -0.25) is 4.90 Å². The Hall–Kier alpha value is -1.15. The minimum absolute atomic E-state index is 0.242. The van der Waals surface area contributed by atoms with Crippen LogP contribution in [0.3, 0.4) is 0 Å². The highest BCUT2D eigenvalue weighted by Gasteiger charge is 2.36. The maximum absolute atomic E-state index is 10.2. The molecule has 0 N–H and O–H groups in total. The van der Waals surface area contributed by atoms with Gasteiger partial charge in [-0.1, -0.05) is 57.2 Å². The molecule has 2 aromatic rings. The molecule has 0 fully saturated rings. The fraction of sp³-hybridized carbons (Fsp3) is 0.480. The van der Waals surface area contributed by atoms with Gasteiger partial charge < -0.3 is 0 Å². The zero-order chi connectivity index (χ0) is 21.4. The molecular formula is C25H32Br2N2. The first-order valence-corrected chi connectivity index (χ1v) is 12.1. The third kappa shape index (κ3) is 5.94. The predicted octanol–water partition coefficient (Wildman–Crippen LogP) is 7.88. The van der Waals surface area contributed by atoms with Gasteiger partial charge in [-0.2, -0.15) is 5.26 Å². The molecule has 2 rings (SSSR count). The van der Waals surface area contributed by atoms with E-state index in [2.05, 4.69) is 113 Å². The number of nitriles is 1. The summed E-state index contributed by atoms with van der Waals surface area (Å²) in [6.07, 6.45) is 2.98. The van der Waals surface area contributed by atoms with Crippen molar-refractivity contribution in [2.75, 3.05) is 13.1 Å². The first-order chi connectivity index (χ1) is 13.9. The Kier molecular flexibility index (Phi) is 9.40. The van der Waals surface area contributed by atoms with E-state index < -0.39 is 5.41 Å². The van der Waals surface area contributed by atoms with Crippen molar-refractivity contribution in [3.63, 3.8) is 0 Å². The van der Waals surface area contributed by atoms with Gasteiger partial charge in [0.15, 0.2) is 0 Å². The van der Waals surface area contributed by atoms with Crippen LogP contribution in [0, 0.1) is 17.2 Å². The number of hydrogen-bond acceptors (Lipinski definition) is 2. The molecule has 29 heavy (non-hydrogen) atoms. The lowest BCUT2D eigenvalue weighted by molar-refractivity contribution is 0.198. The van der Waals surface area contributed by atoms with Crippen LogP contribution < -0.4 is 0 Å². The highest BCUT2D eigenvalue weighted by Crippen LogP contribution is 2.39. The number of hydrogen-bond donors (Lipinski definition) is 0. The summed E-state index contributed by atoms with van der Waals surface area (Å²) in [5, 5.41) is 10.2. The van der Waals surface area contributed by atoms with E-state index in [9.17, 15) is 5.26 Å². The fourth-order valence-corrected chi connectivity index (χ4v) is 4.70. The van der Waals surface area contributed by atoms with Crippen LogP contribution >= 0.6 is 31.9 Å². The van der Waals surface area contributed by atoms with E-state index in [1.54, 1.807) is 0 Å². The summed E-state index contributed by atoms with van der Waals surface area (Å²) in [6, 6.07) is 20.0. The standard InChI is InChI=1S/C25H32Br2N2/c1-5-15-29(20(4)21-10-7-6-8-11-21)16-9-14-25(18-28,19(2)3)22-12-13-23(26)24(27)17-22/h6-8,10-13,17,19-20H,5,9,14-16H2,1-4H3. The molecule has 0 amide bonds. The highest BCUT2D eigenvalue weighted by atomic mass is 79.9. The lowest BCUT2D eigenvalue weighted by Crippen LogP contribution is -2.34. The second kappa shape index (κ2) is 11.3. The van der Waals surface area contributed by atoms with Gasteiger partial charge in [-0.05, 0) is 100 Å². The molecule has 2 atom stereocenters. The highest BCUT2D eigenvalue weighted by molar-refractivity contribution is 9.13. The summed E-state index contributed by atoms with van der Waals surface area (Å²) < 4.78 is 2.02. The van der Waals surface area contributed by atoms with Crippen LogP contribution in [0.4, 0.5) is 0 Å². The molecule has 2 aromatic carbocycles. The molecule has 0 spiro atoms. The zero-order valence-electron chi connectivity index (χ0n) is 18.0. The molecule has 2 unspecified atom stereocenters. The smallest absolute Gasteiger partial charge is 0.0846 e. The van der Waals surface area contributed by atoms with Gasteiger partial charge in [-0.25, -0.2) is 0 Å². The van der Waals surface area contributed by atoms with Gasteiger partial charge in [0.05, 0.1) is 11.5 Å². The molecule has 4 heteroatoms. The molecule has 0 aliphatic carbocycles. The van der Waals surface area contributed by atoms with Gasteiger partial charge in [-0.15, -0.1) is 0 Å². The van der Waals surface area contributed by atoms with E-state index in [-0.39, 0.29) is 5.92 Å². The van der Waals surface area contributed by atoms with Gasteiger partial charge in [0, 0.05) is 15.0 Å². The lowest BCUT2D eigenvalue weighted by atomic mass is 9.70. The number of rotatable bonds is 10. The van der Waals surface area contributed by atoms with Crippen LogP contribution in [-0.4, -0.2) is 18.0 Å². The third-order valence-corrected chi connectivity index (χ3v) is 7.86. The van der Waals surface area contributed by atoms with Crippen LogP contribution in [0.1, 0.15) is 64.1 Å². The van der Waals surface area contributed by atoms with E-state index in [0.29, 0.717) is 6.04 Å². The van der Waals surface area contributed by atoms with Gasteiger partial charge in [0.1, 0.15) is 0 Å². The first kappa shape index (κ1) is 24.1. The number of benzene rings is 2. The maximum atomic E-state index is 10.2. The summed E-state index contributed by atoms with van der Waals surface area (Å²) in [4.78, 5) is 2.55. The van der Waals surface area contributed by atoms with E-state index in [1.165, 1.54) is 5.56 Å². The molecule has 0 saturated heterocycles. The van der Waals surface area contributed by atoms with Crippen LogP contribution in [-0.2, 0) is 5.41 Å². The van der Waals surface area contributed by atoms with Crippen molar-refractivity contribution in [2.24, 2.45) is 5.92 Å². The average Bonchev–Trinajstić information content (AvgIpc) is 2.72. The van der Waals surface area contributed by atoms with Crippen molar-refractivity contribution in [2.45, 2.75) is 58.4 Å². The van der Waals surface area contributed by atoms with Crippen molar-refractivity contribution in [3.8, 4) is 6.07 Å². The Morgan fingerprint density at radius 3 is 2.24 bits per heavy atom. The lowest BCUT2D eigenvalue weighted by Gasteiger charge is -2.34. The van der Waals surface area contributed by atoms with Crippen molar-refractivity contribution in [3.05, 3.63) is 68.6 Å². The third-order valence-electron chi connectivity index (χ3n) is 5.98. The molecule has 0 aromatic heterocycles. The van der Waals surface area contributed by atoms with Crippen molar-refractivity contribution >= 4 is 31.9 Å². The van der Waals surface area contributed by atoms with Crippen molar-refractivity contribution < 1.29 is 0 Å². The average molecular weight is 520 g/mol. The molecular weight excluding hydrogens is 488 g/mol. The molecule has 0 radical (unpaired) electrons. The minimum Gasteiger partial charge on any atom is -0.297 e. The molecule has 0 aliphatic rings. The summed E-state index contributed by atoms with van der Waals surface area (Å²) in [6.45, 7) is 10.9.